The van der Waals surface area contributed by atoms with Gasteiger partial charge in [-0.1, -0.05) is 30.3 Å². The van der Waals surface area contributed by atoms with E-state index in [1.165, 1.54) is 18.2 Å². The van der Waals surface area contributed by atoms with E-state index in [1.54, 1.807) is 54.6 Å². The highest BCUT2D eigenvalue weighted by molar-refractivity contribution is 6.17. The Morgan fingerprint density at radius 3 is 2.52 bits per heavy atom. The maximum atomic E-state index is 13.5. The van der Waals surface area contributed by atoms with Crippen molar-refractivity contribution in [3.8, 4) is 5.75 Å². The van der Waals surface area contributed by atoms with Crippen LogP contribution in [0.4, 0.5) is 15.8 Å². The molecular weight excluding hydrogens is 399 g/mol. The molecule has 0 saturated carbocycles. The lowest BCUT2D eigenvalue weighted by Gasteiger charge is -2.11. The largest absolute Gasteiger partial charge is 0.493 e. The third kappa shape index (κ3) is 4.25. The van der Waals surface area contributed by atoms with Gasteiger partial charge >= 0.3 is 0 Å². The molecule has 0 bridgehead atoms. The number of hydrogen-bond acceptors (Lipinski definition) is 4. The van der Waals surface area contributed by atoms with Gasteiger partial charge < -0.3 is 19.8 Å². The molecule has 4 rings (SSSR count). The zero-order chi connectivity index (χ0) is 21.8. The molecular formula is C24H19FN2O4. The van der Waals surface area contributed by atoms with E-state index in [0.717, 1.165) is 0 Å². The molecule has 0 aliphatic carbocycles. The molecule has 1 heterocycles. The van der Waals surface area contributed by atoms with Crippen LogP contribution in [0.3, 0.4) is 0 Å². The van der Waals surface area contributed by atoms with Crippen molar-refractivity contribution in [2.75, 3.05) is 17.2 Å². The normalized spacial score (nSPS) is 10.6. The van der Waals surface area contributed by atoms with Crippen LogP contribution in [0.2, 0.25) is 0 Å². The number of fused-ring (bicyclic) bond motifs is 1. The summed E-state index contributed by atoms with van der Waals surface area (Å²) >= 11 is 0. The Morgan fingerprint density at radius 2 is 1.71 bits per heavy atom. The van der Waals surface area contributed by atoms with Crippen molar-refractivity contribution >= 4 is 34.2 Å². The second-order valence-corrected chi connectivity index (χ2v) is 6.65. The van der Waals surface area contributed by atoms with Crippen LogP contribution >= 0.6 is 0 Å². The van der Waals surface area contributed by atoms with Gasteiger partial charge in [0.2, 0.25) is 5.76 Å². The number of benzene rings is 3. The maximum absolute atomic E-state index is 13.5. The number of rotatable bonds is 6. The average Bonchev–Trinajstić information content (AvgIpc) is 3.13. The van der Waals surface area contributed by atoms with E-state index in [0.29, 0.717) is 28.9 Å². The van der Waals surface area contributed by atoms with Crippen LogP contribution in [-0.2, 0) is 0 Å². The predicted octanol–water partition coefficient (Wildman–Crippen LogP) is 5.48. The van der Waals surface area contributed by atoms with E-state index in [-0.39, 0.29) is 17.1 Å². The topological polar surface area (TPSA) is 80.6 Å². The van der Waals surface area contributed by atoms with Crippen molar-refractivity contribution in [2.24, 2.45) is 0 Å². The SMILES string of the molecule is CCOc1ccccc1C(=O)Nc1c(C(=O)Nc2cccc(F)c2)oc2ccccc12. The van der Waals surface area contributed by atoms with Crippen molar-refractivity contribution in [3.63, 3.8) is 0 Å². The number of carbonyl (C=O) groups is 2. The van der Waals surface area contributed by atoms with Gasteiger partial charge in [-0.05, 0) is 49.4 Å². The Hall–Kier alpha value is -4.13. The first-order valence-corrected chi connectivity index (χ1v) is 9.68. The van der Waals surface area contributed by atoms with Gasteiger partial charge in [0, 0.05) is 11.1 Å². The van der Waals surface area contributed by atoms with Crippen molar-refractivity contribution < 1.29 is 23.1 Å². The number of nitrogens with one attached hydrogen (secondary N) is 2. The molecule has 0 spiro atoms. The van der Waals surface area contributed by atoms with E-state index in [1.807, 2.05) is 6.92 Å². The summed E-state index contributed by atoms with van der Waals surface area (Å²) in [5.74, 6) is -1.21. The molecule has 2 N–H and O–H groups in total. The molecule has 0 aliphatic rings. The molecule has 2 amide bonds. The summed E-state index contributed by atoms with van der Waals surface area (Å²) in [7, 11) is 0. The first kappa shape index (κ1) is 20.2. The van der Waals surface area contributed by atoms with E-state index < -0.39 is 17.6 Å². The standard InChI is InChI=1S/C24H19FN2O4/c1-2-30-19-12-5-4-11-18(19)23(28)27-21-17-10-3-6-13-20(17)31-22(21)24(29)26-16-9-7-8-15(25)14-16/h3-14H,2H2,1H3,(H,26,29)(H,27,28). The summed E-state index contributed by atoms with van der Waals surface area (Å²) in [4.78, 5) is 25.9. The lowest BCUT2D eigenvalue weighted by molar-refractivity contribution is 0.0999. The summed E-state index contributed by atoms with van der Waals surface area (Å²) < 4.78 is 24.7. The predicted molar refractivity (Wildman–Crippen MR) is 116 cm³/mol. The third-order valence-corrected chi connectivity index (χ3v) is 4.55. The van der Waals surface area contributed by atoms with Gasteiger partial charge in [-0.25, -0.2) is 4.39 Å². The second kappa shape index (κ2) is 8.71. The van der Waals surface area contributed by atoms with Gasteiger partial charge in [-0.2, -0.15) is 0 Å². The van der Waals surface area contributed by atoms with Crippen LogP contribution in [0, 0.1) is 5.82 Å². The number of halogens is 1. The minimum Gasteiger partial charge on any atom is -0.493 e. The van der Waals surface area contributed by atoms with Crippen molar-refractivity contribution in [1.29, 1.82) is 0 Å². The molecule has 1 aromatic heterocycles. The minimum atomic E-state index is -0.616. The molecule has 0 fully saturated rings. The van der Waals surface area contributed by atoms with Gasteiger partial charge in [-0.3, -0.25) is 9.59 Å². The number of amides is 2. The Morgan fingerprint density at radius 1 is 0.935 bits per heavy atom. The van der Waals surface area contributed by atoms with Gasteiger partial charge in [0.05, 0.1) is 12.2 Å². The molecule has 0 radical (unpaired) electrons. The Kier molecular flexibility index (Phi) is 5.66. The zero-order valence-corrected chi connectivity index (χ0v) is 16.6. The fourth-order valence-corrected chi connectivity index (χ4v) is 3.20. The first-order chi connectivity index (χ1) is 15.1. The average molecular weight is 418 g/mol. The van der Waals surface area contributed by atoms with Crippen LogP contribution < -0.4 is 15.4 Å². The smallest absolute Gasteiger partial charge is 0.293 e. The Balaban J connectivity index is 1.70. The van der Waals surface area contributed by atoms with Crippen LogP contribution in [0.25, 0.3) is 11.0 Å². The van der Waals surface area contributed by atoms with E-state index in [2.05, 4.69) is 10.6 Å². The first-order valence-electron chi connectivity index (χ1n) is 9.68. The molecule has 0 atom stereocenters. The van der Waals surface area contributed by atoms with Gasteiger partial charge in [-0.15, -0.1) is 0 Å². The van der Waals surface area contributed by atoms with Gasteiger partial charge in [0.1, 0.15) is 22.8 Å². The molecule has 6 nitrogen and oxygen atoms in total. The number of para-hydroxylation sites is 2. The zero-order valence-electron chi connectivity index (χ0n) is 16.6. The van der Waals surface area contributed by atoms with E-state index >= 15 is 0 Å². The lowest BCUT2D eigenvalue weighted by atomic mass is 10.1. The molecule has 31 heavy (non-hydrogen) atoms. The Bertz CT molecular complexity index is 1270. The Labute approximate surface area is 177 Å². The van der Waals surface area contributed by atoms with Crippen LogP contribution in [-0.4, -0.2) is 18.4 Å². The number of anilines is 2. The molecule has 0 unspecified atom stereocenters. The number of furan rings is 1. The molecule has 0 saturated heterocycles. The van der Waals surface area contributed by atoms with Crippen LogP contribution in [0.1, 0.15) is 27.8 Å². The van der Waals surface area contributed by atoms with Gasteiger partial charge in [0.15, 0.2) is 0 Å². The molecule has 3 aromatic carbocycles. The highest BCUT2D eigenvalue weighted by atomic mass is 19.1. The second-order valence-electron chi connectivity index (χ2n) is 6.65. The van der Waals surface area contributed by atoms with Crippen molar-refractivity contribution in [3.05, 3.63) is 89.9 Å². The highest BCUT2D eigenvalue weighted by Crippen LogP contribution is 2.32. The third-order valence-electron chi connectivity index (χ3n) is 4.55. The minimum absolute atomic E-state index is 0.0901. The number of ether oxygens (including phenoxy) is 1. The van der Waals surface area contributed by atoms with Crippen molar-refractivity contribution in [2.45, 2.75) is 6.92 Å². The van der Waals surface area contributed by atoms with Crippen molar-refractivity contribution in [1.82, 2.24) is 0 Å². The fourth-order valence-electron chi connectivity index (χ4n) is 3.20. The summed E-state index contributed by atoms with van der Waals surface area (Å²) in [6.07, 6.45) is 0. The van der Waals surface area contributed by atoms with Gasteiger partial charge in [0.25, 0.3) is 11.8 Å². The quantitative estimate of drug-likeness (QED) is 0.435. The van der Waals surface area contributed by atoms with Crippen LogP contribution in [0.15, 0.2) is 77.2 Å². The summed E-state index contributed by atoms with van der Waals surface area (Å²) in [5, 5.41) is 5.94. The highest BCUT2D eigenvalue weighted by Gasteiger charge is 2.24. The summed E-state index contributed by atoms with van der Waals surface area (Å²) in [6.45, 7) is 2.23. The molecule has 7 heteroatoms. The van der Waals surface area contributed by atoms with E-state index in [4.69, 9.17) is 9.15 Å². The molecule has 0 aliphatic heterocycles. The number of hydrogen-bond donors (Lipinski definition) is 2. The molecule has 4 aromatic rings. The fraction of sp³-hybridized carbons (Fsp3) is 0.0833. The molecule has 156 valence electrons. The van der Waals surface area contributed by atoms with E-state index in [9.17, 15) is 14.0 Å². The lowest BCUT2D eigenvalue weighted by Crippen LogP contribution is -2.18. The van der Waals surface area contributed by atoms with Crippen LogP contribution in [0.5, 0.6) is 5.75 Å². The number of carbonyl (C=O) groups excluding carboxylic acids is 2. The monoisotopic (exact) mass is 418 g/mol. The maximum Gasteiger partial charge on any atom is 0.293 e. The summed E-state index contributed by atoms with van der Waals surface area (Å²) in [6, 6.07) is 19.3. The summed E-state index contributed by atoms with van der Waals surface area (Å²) in [5.41, 5.74) is 1.25.